The normalized spacial score (nSPS) is 11.9. The minimum Gasteiger partial charge on any atom is -0.486 e. The number of nitrogens with zero attached hydrogens (tertiary/aromatic N) is 4. The predicted molar refractivity (Wildman–Crippen MR) is 144 cm³/mol. The van der Waals surface area contributed by atoms with Gasteiger partial charge in [0.2, 0.25) is 6.54 Å². The van der Waals surface area contributed by atoms with Crippen molar-refractivity contribution in [3.8, 4) is 11.4 Å². The number of rotatable bonds is 9. The standard InChI is InChI=1S/C25H21Cl3N4O3S/c1-15-3-5-17(6-4-15)14-35-24-21(27)11-18(12-22(24)28)23(13-31(33)34)36-25-30-29-16(2)32(25)20-9-7-19(26)8-10-20/h3-12,23H,13-14H2,1-2H3/t23-/m0/s1. The van der Waals surface area contributed by atoms with Crippen LogP contribution in [0.15, 0.2) is 65.8 Å². The van der Waals surface area contributed by atoms with Crippen LogP contribution in [-0.2, 0) is 6.61 Å². The van der Waals surface area contributed by atoms with Gasteiger partial charge in [0.25, 0.3) is 0 Å². The summed E-state index contributed by atoms with van der Waals surface area (Å²) in [5.74, 6) is 0.961. The van der Waals surface area contributed by atoms with Crippen LogP contribution in [-0.4, -0.2) is 26.2 Å². The van der Waals surface area contributed by atoms with Crippen molar-refractivity contribution in [3.63, 3.8) is 0 Å². The fourth-order valence-corrected chi connectivity index (χ4v) is 5.42. The van der Waals surface area contributed by atoms with Gasteiger partial charge in [0, 0.05) is 15.6 Å². The number of hydrogen-bond donors (Lipinski definition) is 0. The molecule has 1 heterocycles. The second kappa shape index (κ2) is 11.5. The lowest BCUT2D eigenvalue weighted by Crippen LogP contribution is -2.11. The number of nitro groups is 1. The molecule has 0 unspecified atom stereocenters. The van der Waals surface area contributed by atoms with Gasteiger partial charge in [-0.15, -0.1) is 10.2 Å². The van der Waals surface area contributed by atoms with E-state index in [1.807, 2.05) is 54.8 Å². The molecule has 4 aromatic rings. The number of thioether (sulfide) groups is 1. The van der Waals surface area contributed by atoms with E-state index in [1.165, 1.54) is 11.8 Å². The summed E-state index contributed by atoms with van der Waals surface area (Å²) in [6.07, 6.45) is 0. The molecule has 7 nitrogen and oxygen atoms in total. The molecule has 0 amide bonds. The maximum atomic E-state index is 11.5. The number of ether oxygens (including phenoxy) is 1. The lowest BCUT2D eigenvalue weighted by atomic mass is 10.1. The van der Waals surface area contributed by atoms with Crippen LogP contribution in [0.4, 0.5) is 0 Å². The summed E-state index contributed by atoms with van der Waals surface area (Å²) in [5.41, 5.74) is 3.49. The van der Waals surface area contributed by atoms with E-state index in [0.29, 0.717) is 27.3 Å². The van der Waals surface area contributed by atoms with Crippen LogP contribution >= 0.6 is 46.6 Å². The van der Waals surface area contributed by atoms with Crippen LogP contribution in [0.1, 0.15) is 27.8 Å². The van der Waals surface area contributed by atoms with E-state index >= 15 is 0 Å². The summed E-state index contributed by atoms with van der Waals surface area (Å²) in [5, 5.41) is 21.0. The quantitative estimate of drug-likeness (QED) is 0.119. The second-order valence-electron chi connectivity index (χ2n) is 8.05. The van der Waals surface area contributed by atoms with Gasteiger partial charge in [0.1, 0.15) is 17.7 Å². The van der Waals surface area contributed by atoms with Crippen LogP contribution in [0.3, 0.4) is 0 Å². The molecule has 0 saturated heterocycles. The minimum absolute atomic E-state index is 0.272. The van der Waals surface area contributed by atoms with E-state index < -0.39 is 5.25 Å². The smallest absolute Gasteiger partial charge is 0.220 e. The molecular weight excluding hydrogens is 543 g/mol. The zero-order chi connectivity index (χ0) is 25.8. The highest BCUT2D eigenvalue weighted by Gasteiger charge is 2.26. The van der Waals surface area contributed by atoms with Gasteiger partial charge in [-0.1, -0.05) is 76.4 Å². The molecule has 0 aliphatic carbocycles. The third kappa shape index (κ3) is 6.31. The van der Waals surface area contributed by atoms with Crippen LogP contribution in [0.5, 0.6) is 5.75 Å². The van der Waals surface area contributed by atoms with Crippen LogP contribution < -0.4 is 4.74 Å². The van der Waals surface area contributed by atoms with Gasteiger partial charge < -0.3 is 4.74 Å². The Kier molecular flexibility index (Phi) is 8.41. The fraction of sp³-hybridized carbons (Fsp3) is 0.200. The summed E-state index contributed by atoms with van der Waals surface area (Å²) in [4.78, 5) is 11.2. The average molecular weight is 564 g/mol. The summed E-state index contributed by atoms with van der Waals surface area (Å²) in [6.45, 7) is 3.74. The van der Waals surface area contributed by atoms with Crippen molar-refractivity contribution in [2.45, 2.75) is 30.9 Å². The first kappa shape index (κ1) is 26.3. The molecule has 36 heavy (non-hydrogen) atoms. The van der Waals surface area contributed by atoms with Gasteiger partial charge >= 0.3 is 0 Å². The Bertz CT molecular complexity index is 1360. The van der Waals surface area contributed by atoms with E-state index in [2.05, 4.69) is 10.2 Å². The third-order valence-corrected chi connectivity index (χ3v) is 7.33. The molecule has 186 valence electrons. The number of aromatic nitrogens is 3. The Balaban J connectivity index is 1.61. The van der Waals surface area contributed by atoms with Gasteiger partial charge in [-0.25, -0.2) is 0 Å². The van der Waals surface area contributed by atoms with E-state index in [4.69, 9.17) is 39.5 Å². The molecule has 0 aliphatic heterocycles. The summed E-state index contributed by atoms with van der Waals surface area (Å²) in [7, 11) is 0. The maximum absolute atomic E-state index is 11.5. The first-order chi connectivity index (χ1) is 17.2. The van der Waals surface area contributed by atoms with Crippen molar-refractivity contribution >= 4 is 46.6 Å². The van der Waals surface area contributed by atoms with Gasteiger partial charge in [-0.2, -0.15) is 0 Å². The molecule has 0 fully saturated rings. The molecular formula is C25H21Cl3N4O3S. The first-order valence-corrected chi connectivity index (χ1v) is 12.9. The molecule has 0 bridgehead atoms. The van der Waals surface area contributed by atoms with Gasteiger partial charge in [0.15, 0.2) is 10.9 Å². The topological polar surface area (TPSA) is 83.1 Å². The third-order valence-electron chi connectivity index (χ3n) is 5.34. The number of aryl methyl sites for hydroxylation is 2. The van der Waals surface area contributed by atoms with E-state index in [0.717, 1.165) is 16.8 Å². The van der Waals surface area contributed by atoms with Gasteiger partial charge in [-0.3, -0.25) is 14.7 Å². The Labute approximate surface area is 227 Å². The predicted octanol–water partition coefficient (Wildman–Crippen LogP) is 7.53. The molecule has 0 radical (unpaired) electrons. The van der Waals surface area contributed by atoms with Gasteiger partial charge in [-0.05, 0) is 61.4 Å². The lowest BCUT2D eigenvalue weighted by Gasteiger charge is -2.17. The molecule has 0 aliphatic rings. The van der Waals surface area contributed by atoms with Crippen molar-refractivity contribution in [1.29, 1.82) is 0 Å². The van der Waals surface area contributed by atoms with Crippen molar-refractivity contribution in [2.24, 2.45) is 0 Å². The van der Waals surface area contributed by atoms with Gasteiger partial charge in [0.05, 0.1) is 10.0 Å². The largest absolute Gasteiger partial charge is 0.486 e. The van der Waals surface area contributed by atoms with Crippen LogP contribution in [0, 0.1) is 24.0 Å². The molecule has 11 heteroatoms. The second-order valence-corrected chi connectivity index (χ2v) is 10.5. The molecule has 0 N–H and O–H groups in total. The molecule has 1 aromatic heterocycles. The monoisotopic (exact) mass is 562 g/mol. The van der Waals surface area contributed by atoms with Crippen molar-refractivity contribution in [2.75, 3.05) is 6.54 Å². The Morgan fingerprint density at radius 1 is 1.00 bits per heavy atom. The SMILES string of the molecule is Cc1ccc(COc2c(Cl)cc([C@H](C[N+](=O)[O-])Sc3nnc(C)n3-c3ccc(Cl)cc3)cc2Cl)cc1. The van der Waals surface area contributed by atoms with E-state index in [-0.39, 0.29) is 28.1 Å². The van der Waals surface area contributed by atoms with Crippen LogP contribution in [0.2, 0.25) is 15.1 Å². The Hall–Kier alpha value is -2.78. The average Bonchev–Trinajstić information content (AvgIpc) is 3.19. The Morgan fingerprint density at radius 2 is 1.64 bits per heavy atom. The Morgan fingerprint density at radius 3 is 2.25 bits per heavy atom. The van der Waals surface area contributed by atoms with Crippen molar-refractivity contribution < 1.29 is 9.66 Å². The van der Waals surface area contributed by atoms with E-state index in [9.17, 15) is 10.1 Å². The highest BCUT2D eigenvalue weighted by Crippen LogP contribution is 2.42. The molecule has 1 atom stereocenters. The van der Waals surface area contributed by atoms with Crippen molar-refractivity contribution in [1.82, 2.24) is 14.8 Å². The molecule has 0 saturated carbocycles. The highest BCUT2D eigenvalue weighted by atomic mass is 35.5. The zero-order valence-electron chi connectivity index (χ0n) is 19.3. The summed E-state index contributed by atoms with van der Waals surface area (Å²) >= 11 is 20.3. The van der Waals surface area contributed by atoms with Crippen LogP contribution in [0.25, 0.3) is 5.69 Å². The number of hydrogen-bond acceptors (Lipinski definition) is 6. The number of benzene rings is 3. The molecule has 3 aromatic carbocycles. The molecule has 4 rings (SSSR count). The first-order valence-electron chi connectivity index (χ1n) is 10.8. The fourth-order valence-electron chi connectivity index (χ4n) is 3.52. The zero-order valence-corrected chi connectivity index (χ0v) is 22.4. The highest BCUT2D eigenvalue weighted by molar-refractivity contribution is 7.99. The van der Waals surface area contributed by atoms with Crippen molar-refractivity contribution in [3.05, 3.63) is 108 Å². The number of halogens is 3. The lowest BCUT2D eigenvalue weighted by molar-refractivity contribution is -0.479. The maximum Gasteiger partial charge on any atom is 0.220 e. The molecule has 0 spiro atoms. The summed E-state index contributed by atoms with van der Waals surface area (Å²) < 4.78 is 7.69. The summed E-state index contributed by atoms with van der Waals surface area (Å²) in [6, 6.07) is 18.4. The minimum atomic E-state index is -0.629. The van der Waals surface area contributed by atoms with E-state index in [1.54, 1.807) is 24.3 Å².